The summed E-state index contributed by atoms with van der Waals surface area (Å²) in [6.07, 6.45) is 0.196. The quantitative estimate of drug-likeness (QED) is 0.689. The number of ether oxygens (including phenoxy) is 1. The second-order valence-electron chi connectivity index (χ2n) is 5.35. The Balaban J connectivity index is 0.00000200. The Morgan fingerprint density at radius 1 is 1.45 bits per heavy atom. The number of carbonyl (C=O) groups excluding carboxylic acids is 1. The Hall–Kier alpha value is -1.03. The second-order valence-corrected chi connectivity index (χ2v) is 6.43. The van der Waals surface area contributed by atoms with E-state index >= 15 is 0 Å². The zero-order chi connectivity index (χ0) is 14.2. The molecule has 1 aromatic heterocycles. The van der Waals surface area contributed by atoms with Crippen LogP contribution in [0.15, 0.2) is 0 Å². The van der Waals surface area contributed by atoms with Crippen LogP contribution in [0, 0.1) is 0 Å². The van der Waals surface area contributed by atoms with Gasteiger partial charge in [0.25, 0.3) is 0 Å². The van der Waals surface area contributed by atoms with E-state index in [1.54, 1.807) is 4.90 Å². The van der Waals surface area contributed by atoms with E-state index in [4.69, 9.17) is 9.84 Å². The van der Waals surface area contributed by atoms with Crippen LogP contribution in [0.5, 0.6) is 0 Å². The average Bonchev–Trinajstić information content (AvgIpc) is 2.69. The SMILES string of the molecule is CC(C)(C)OC(=O)N1CCc2nc(C(=O)O)sc2C1.[H-].[Li+]. The largest absolute Gasteiger partial charge is 1.00 e. The van der Waals surface area contributed by atoms with Crippen LogP contribution in [0.1, 0.15) is 42.6 Å². The molecule has 2 heterocycles. The predicted octanol–water partition coefficient (Wildman–Crippen LogP) is -0.749. The first-order chi connectivity index (χ1) is 8.76. The number of fused-ring (bicyclic) bond motifs is 1. The van der Waals surface area contributed by atoms with Crippen LogP contribution in [-0.4, -0.2) is 39.2 Å². The molecule has 0 unspecified atom stereocenters. The first-order valence-corrected chi connectivity index (χ1v) is 6.78. The molecule has 20 heavy (non-hydrogen) atoms. The molecule has 0 fully saturated rings. The van der Waals surface area contributed by atoms with Gasteiger partial charge in [-0.1, -0.05) is 0 Å². The summed E-state index contributed by atoms with van der Waals surface area (Å²) in [6.45, 7) is 6.32. The van der Waals surface area contributed by atoms with Crippen molar-refractivity contribution in [3.8, 4) is 0 Å². The van der Waals surface area contributed by atoms with Crippen molar-refractivity contribution >= 4 is 23.4 Å². The number of hydrogen-bond donors (Lipinski definition) is 1. The molecule has 1 aliphatic heterocycles. The van der Waals surface area contributed by atoms with Crippen LogP contribution >= 0.6 is 11.3 Å². The maximum atomic E-state index is 11.9. The van der Waals surface area contributed by atoms with E-state index in [2.05, 4.69) is 4.98 Å². The molecule has 0 atom stereocenters. The summed E-state index contributed by atoms with van der Waals surface area (Å²) in [5.74, 6) is -1.02. The van der Waals surface area contributed by atoms with Gasteiger partial charge in [-0.15, -0.1) is 11.3 Å². The number of nitrogens with zero attached hydrogens (tertiary/aromatic N) is 2. The molecule has 1 amide bonds. The van der Waals surface area contributed by atoms with E-state index in [9.17, 15) is 9.59 Å². The number of thiazole rings is 1. The minimum absolute atomic E-state index is 0. The van der Waals surface area contributed by atoms with Gasteiger partial charge in [0.05, 0.1) is 12.2 Å². The van der Waals surface area contributed by atoms with Crippen molar-refractivity contribution in [1.82, 2.24) is 9.88 Å². The van der Waals surface area contributed by atoms with Gasteiger partial charge in [-0.05, 0) is 20.8 Å². The van der Waals surface area contributed by atoms with E-state index in [0.29, 0.717) is 19.5 Å². The maximum absolute atomic E-state index is 11.9. The maximum Gasteiger partial charge on any atom is 1.00 e. The molecule has 0 radical (unpaired) electrons. The van der Waals surface area contributed by atoms with Crippen molar-refractivity contribution in [1.29, 1.82) is 0 Å². The summed E-state index contributed by atoms with van der Waals surface area (Å²) in [5, 5.41) is 8.98. The Bertz CT molecular complexity index is 530. The summed E-state index contributed by atoms with van der Waals surface area (Å²) in [6, 6.07) is 0. The predicted molar refractivity (Wildman–Crippen MR) is 70.5 cm³/mol. The fourth-order valence-corrected chi connectivity index (χ4v) is 2.73. The molecule has 1 N–H and O–H groups in total. The van der Waals surface area contributed by atoms with Gasteiger partial charge in [0.2, 0.25) is 5.01 Å². The molecule has 0 saturated heterocycles. The second kappa shape index (κ2) is 6.16. The number of carbonyl (C=O) groups is 2. The Kier molecular flexibility index (Phi) is 5.25. The molecule has 1 aliphatic rings. The van der Waals surface area contributed by atoms with Crippen LogP contribution < -0.4 is 18.9 Å². The molecule has 2 rings (SSSR count). The van der Waals surface area contributed by atoms with Crippen LogP contribution in [0.3, 0.4) is 0 Å². The first kappa shape index (κ1) is 17.0. The molecule has 0 aromatic carbocycles. The van der Waals surface area contributed by atoms with Gasteiger partial charge in [-0.25, -0.2) is 14.6 Å². The van der Waals surface area contributed by atoms with E-state index in [1.807, 2.05) is 20.8 Å². The number of hydrogen-bond acceptors (Lipinski definition) is 5. The summed E-state index contributed by atoms with van der Waals surface area (Å²) in [7, 11) is 0. The molecular weight excluding hydrogens is 275 g/mol. The van der Waals surface area contributed by atoms with Crippen LogP contribution in [0.4, 0.5) is 4.79 Å². The molecule has 1 aromatic rings. The minimum atomic E-state index is -1.02. The molecule has 6 nitrogen and oxygen atoms in total. The van der Waals surface area contributed by atoms with E-state index in [0.717, 1.165) is 21.9 Å². The molecule has 106 valence electrons. The molecule has 0 spiro atoms. The number of rotatable bonds is 1. The molecule has 0 saturated carbocycles. The standard InChI is InChI=1S/C12H16N2O4S.Li.H/c1-12(2,3)18-11(17)14-5-4-7-8(6-14)19-9(13-7)10(15)16;;/h4-6H2,1-3H3,(H,15,16);;/q;+1;-1. The van der Waals surface area contributed by atoms with Crippen molar-refractivity contribution in [2.45, 2.75) is 39.3 Å². The Morgan fingerprint density at radius 3 is 2.65 bits per heavy atom. The van der Waals surface area contributed by atoms with Crippen molar-refractivity contribution in [2.75, 3.05) is 6.54 Å². The van der Waals surface area contributed by atoms with Crippen molar-refractivity contribution < 1.29 is 39.7 Å². The van der Waals surface area contributed by atoms with Gasteiger partial charge in [0.15, 0.2) is 0 Å². The smallest absolute Gasteiger partial charge is 1.00 e. The summed E-state index contributed by atoms with van der Waals surface area (Å²) < 4.78 is 5.30. The third kappa shape index (κ3) is 3.98. The zero-order valence-electron chi connectivity index (χ0n) is 13.1. The van der Waals surface area contributed by atoms with Gasteiger partial charge in [0, 0.05) is 17.8 Å². The van der Waals surface area contributed by atoms with E-state index in [1.165, 1.54) is 0 Å². The van der Waals surface area contributed by atoms with Crippen molar-refractivity contribution in [3.63, 3.8) is 0 Å². The van der Waals surface area contributed by atoms with Crippen LogP contribution in [0.2, 0.25) is 0 Å². The zero-order valence-corrected chi connectivity index (χ0v) is 12.9. The number of carboxylic acids is 1. The topological polar surface area (TPSA) is 79.7 Å². The van der Waals surface area contributed by atoms with Crippen molar-refractivity contribution in [3.05, 3.63) is 15.6 Å². The normalized spacial score (nSPS) is 14.2. The fourth-order valence-electron chi connectivity index (χ4n) is 1.77. The molecular formula is C12H17LiN2O4S. The molecule has 0 aliphatic carbocycles. The number of aromatic nitrogens is 1. The third-order valence-corrected chi connectivity index (χ3v) is 3.64. The number of carboxylic acid groups (broad SMARTS) is 1. The summed E-state index contributed by atoms with van der Waals surface area (Å²) in [4.78, 5) is 29.3. The van der Waals surface area contributed by atoms with Gasteiger partial charge < -0.3 is 16.2 Å². The van der Waals surface area contributed by atoms with Gasteiger partial charge in [-0.3, -0.25) is 0 Å². The average molecular weight is 292 g/mol. The van der Waals surface area contributed by atoms with Gasteiger partial charge >= 0.3 is 30.9 Å². The number of amides is 1. The molecule has 8 heteroatoms. The Labute approximate surface area is 134 Å². The van der Waals surface area contributed by atoms with Crippen LogP contribution in [0.25, 0.3) is 0 Å². The third-order valence-electron chi connectivity index (χ3n) is 2.57. The molecule has 0 bridgehead atoms. The summed E-state index contributed by atoms with van der Waals surface area (Å²) in [5.41, 5.74) is 0.249. The first-order valence-electron chi connectivity index (χ1n) is 5.96. The summed E-state index contributed by atoms with van der Waals surface area (Å²) >= 11 is 1.12. The monoisotopic (exact) mass is 292 g/mol. The van der Waals surface area contributed by atoms with E-state index in [-0.39, 0.29) is 31.4 Å². The van der Waals surface area contributed by atoms with E-state index < -0.39 is 11.6 Å². The minimum Gasteiger partial charge on any atom is -1.00 e. The van der Waals surface area contributed by atoms with Crippen molar-refractivity contribution in [2.24, 2.45) is 0 Å². The van der Waals surface area contributed by atoms with Gasteiger partial charge in [-0.2, -0.15) is 0 Å². The Morgan fingerprint density at radius 2 is 2.10 bits per heavy atom. The fraction of sp³-hybridized carbons (Fsp3) is 0.583. The number of aromatic carboxylic acids is 1. The van der Waals surface area contributed by atoms with Gasteiger partial charge in [0.1, 0.15) is 5.60 Å². The van der Waals surface area contributed by atoms with Crippen LogP contribution in [-0.2, 0) is 17.7 Å².